The van der Waals surface area contributed by atoms with Gasteiger partial charge in [0.15, 0.2) is 0 Å². The molecular weight excluding hydrogens is 357 g/mol. The average molecular weight is 374 g/mol. The van der Waals surface area contributed by atoms with Crippen LogP contribution in [0, 0.1) is 5.82 Å². The number of rotatable bonds is 5. The Morgan fingerprint density at radius 2 is 2.00 bits per heavy atom. The van der Waals surface area contributed by atoms with E-state index in [1.54, 1.807) is 36.4 Å². The van der Waals surface area contributed by atoms with Gasteiger partial charge in [0, 0.05) is 22.7 Å². The molecule has 0 saturated carbocycles. The van der Waals surface area contributed by atoms with Gasteiger partial charge in [0.25, 0.3) is 5.91 Å². The number of aromatic nitrogens is 2. The number of aromatic hydroxyl groups is 1. The van der Waals surface area contributed by atoms with Crippen molar-refractivity contribution in [1.82, 2.24) is 15.1 Å². The van der Waals surface area contributed by atoms with Gasteiger partial charge in [-0.15, -0.1) is 0 Å². The van der Waals surface area contributed by atoms with Crippen LogP contribution < -0.4 is 0 Å². The molecule has 26 heavy (non-hydrogen) atoms. The highest BCUT2D eigenvalue weighted by atomic mass is 35.5. The van der Waals surface area contributed by atoms with Crippen molar-refractivity contribution >= 4 is 17.5 Å². The van der Waals surface area contributed by atoms with Gasteiger partial charge in [0.05, 0.1) is 12.2 Å². The maximum absolute atomic E-state index is 14.0. The third-order valence-corrected chi connectivity index (χ3v) is 4.41. The van der Waals surface area contributed by atoms with Crippen molar-refractivity contribution in [3.8, 4) is 17.0 Å². The Morgan fingerprint density at radius 1 is 1.27 bits per heavy atom. The Bertz CT molecular complexity index is 905. The number of benzene rings is 2. The van der Waals surface area contributed by atoms with E-state index in [-0.39, 0.29) is 28.8 Å². The number of hydrogen-bond donors (Lipinski definition) is 2. The van der Waals surface area contributed by atoms with Gasteiger partial charge in [-0.1, -0.05) is 17.7 Å². The largest absolute Gasteiger partial charge is 0.508 e. The summed E-state index contributed by atoms with van der Waals surface area (Å²) in [6, 6.07) is 12.6. The highest BCUT2D eigenvalue weighted by molar-refractivity contribution is 6.31. The van der Waals surface area contributed by atoms with Crippen LogP contribution >= 0.6 is 11.6 Å². The zero-order valence-electron chi connectivity index (χ0n) is 14.0. The summed E-state index contributed by atoms with van der Waals surface area (Å²) in [5.41, 5.74) is 1.91. The Hall–Kier alpha value is -2.86. The van der Waals surface area contributed by atoms with Crippen LogP contribution in [0.5, 0.6) is 5.75 Å². The molecule has 0 atom stereocenters. The molecule has 2 N–H and O–H groups in total. The van der Waals surface area contributed by atoms with E-state index in [1.165, 1.54) is 17.0 Å². The number of aromatic amines is 1. The summed E-state index contributed by atoms with van der Waals surface area (Å²) in [7, 11) is 0. The molecule has 0 spiro atoms. The molecule has 1 heterocycles. The average Bonchev–Trinajstić information content (AvgIpc) is 3.12. The van der Waals surface area contributed by atoms with Crippen LogP contribution in [0.15, 0.2) is 48.5 Å². The van der Waals surface area contributed by atoms with E-state index in [9.17, 15) is 14.3 Å². The lowest BCUT2D eigenvalue weighted by atomic mass is 10.1. The highest BCUT2D eigenvalue weighted by Crippen LogP contribution is 2.23. The summed E-state index contributed by atoms with van der Waals surface area (Å²) in [5.74, 6) is -0.595. The SMILES string of the molecule is CCN(Cc1c(F)cccc1Cl)C(=O)c1cc(-c2ccc(O)cc2)n[nH]1. The number of H-pyrrole nitrogens is 1. The lowest BCUT2D eigenvalue weighted by Gasteiger charge is -2.21. The molecular formula is C19H17ClFN3O2. The molecule has 0 bridgehead atoms. The summed E-state index contributed by atoms with van der Waals surface area (Å²) >= 11 is 6.06. The Balaban J connectivity index is 1.82. The van der Waals surface area contributed by atoms with E-state index in [0.29, 0.717) is 17.9 Å². The highest BCUT2D eigenvalue weighted by Gasteiger charge is 2.20. The Labute approximate surface area is 155 Å². The molecule has 7 heteroatoms. The minimum Gasteiger partial charge on any atom is -0.508 e. The van der Waals surface area contributed by atoms with Gasteiger partial charge in [-0.2, -0.15) is 5.10 Å². The molecule has 3 rings (SSSR count). The second kappa shape index (κ2) is 7.58. The van der Waals surface area contributed by atoms with Crippen LogP contribution in [0.2, 0.25) is 5.02 Å². The van der Waals surface area contributed by atoms with E-state index >= 15 is 0 Å². The second-order valence-electron chi connectivity index (χ2n) is 5.73. The molecule has 134 valence electrons. The van der Waals surface area contributed by atoms with E-state index in [2.05, 4.69) is 10.2 Å². The standard InChI is InChI=1S/C19H17ClFN3O2/c1-2-24(11-14-15(20)4-3-5-16(14)21)19(26)18-10-17(22-23-18)12-6-8-13(25)9-7-12/h3-10,25H,2,11H2,1H3,(H,22,23). The van der Waals surface area contributed by atoms with Crippen molar-refractivity contribution in [3.05, 3.63) is 70.6 Å². The van der Waals surface area contributed by atoms with Gasteiger partial charge in [-0.25, -0.2) is 4.39 Å². The molecule has 0 unspecified atom stereocenters. The van der Waals surface area contributed by atoms with E-state index in [0.717, 1.165) is 5.56 Å². The van der Waals surface area contributed by atoms with Gasteiger partial charge in [-0.05, 0) is 49.4 Å². The number of phenolic OH excluding ortho intramolecular Hbond substituents is 1. The molecule has 0 aliphatic rings. The van der Waals surface area contributed by atoms with Gasteiger partial charge in [-0.3, -0.25) is 9.89 Å². The molecule has 2 aromatic carbocycles. The summed E-state index contributed by atoms with van der Waals surface area (Å²) in [6.45, 7) is 2.26. The first-order valence-electron chi connectivity index (χ1n) is 8.06. The van der Waals surface area contributed by atoms with Crippen molar-refractivity contribution in [2.45, 2.75) is 13.5 Å². The van der Waals surface area contributed by atoms with Gasteiger partial charge >= 0.3 is 0 Å². The van der Waals surface area contributed by atoms with Crippen molar-refractivity contribution in [2.75, 3.05) is 6.54 Å². The third kappa shape index (κ3) is 3.70. The predicted octanol–water partition coefficient (Wildman–Crippen LogP) is 4.24. The molecule has 5 nitrogen and oxygen atoms in total. The van der Waals surface area contributed by atoms with Gasteiger partial charge < -0.3 is 10.0 Å². The fourth-order valence-corrected chi connectivity index (χ4v) is 2.81. The summed E-state index contributed by atoms with van der Waals surface area (Å²) in [4.78, 5) is 14.2. The number of nitrogens with zero attached hydrogens (tertiary/aromatic N) is 2. The van der Waals surface area contributed by atoms with Gasteiger partial charge in [0.1, 0.15) is 17.3 Å². The second-order valence-corrected chi connectivity index (χ2v) is 6.14. The van der Waals surface area contributed by atoms with Crippen molar-refractivity contribution in [2.24, 2.45) is 0 Å². The minimum absolute atomic E-state index is 0.0639. The molecule has 0 radical (unpaired) electrons. The van der Waals surface area contributed by atoms with Crippen LogP contribution in [-0.2, 0) is 6.54 Å². The van der Waals surface area contributed by atoms with Crippen LogP contribution in [0.3, 0.4) is 0 Å². The van der Waals surface area contributed by atoms with E-state index in [4.69, 9.17) is 11.6 Å². The molecule has 1 amide bonds. The monoisotopic (exact) mass is 373 g/mol. The zero-order chi connectivity index (χ0) is 18.7. The summed E-state index contributed by atoms with van der Waals surface area (Å²) in [6.07, 6.45) is 0. The van der Waals surface area contributed by atoms with Crippen LogP contribution in [0.1, 0.15) is 23.0 Å². The maximum atomic E-state index is 14.0. The smallest absolute Gasteiger partial charge is 0.272 e. The van der Waals surface area contributed by atoms with Crippen LogP contribution in [-0.4, -0.2) is 32.7 Å². The topological polar surface area (TPSA) is 69.2 Å². The number of halogens is 2. The Kier molecular flexibility index (Phi) is 5.23. The van der Waals surface area contributed by atoms with Crippen LogP contribution in [0.4, 0.5) is 4.39 Å². The van der Waals surface area contributed by atoms with Crippen molar-refractivity contribution in [1.29, 1.82) is 0 Å². The number of hydrogen-bond acceptors (Lipinski definition) is 3. The summed E-state index contributed by atoms with van der Waals surface area (Å²) < 4.78 is 14.0. The third-order valence-electron chi connectivity index (χ3n) is 4.05. The van der Waals surface area contributed by atoms with E-state index < -0.39 is 5.82 Å². The zero-order valence-corrected chi connectivity index (χ0v) is 14.8. The Morgan fingerprint density at radius 3 is 2.65 bits per heavy atom. The van der Waals surface area contributed by atoms with Crippen molar-refractivity contribution < 1.29 is 14.3 Å². The number of carbonyl (C=O) groups is 1. The first kappa shape index (κ1) is 17.9. The maximum Gasteiger partial charge on any atom is 0.272 e. The number of nitrogens with one attached hydrogen (secondary N) is 1. The van der Waals surface area contributed by atoms with E-state index in [1.807, 2.05) is 6.92 Å². The lowest BCUT2D eigenvalue weighted by Crippen LogP contribution is -2.31. The fourth-order valence-electron chi connectivity index (χ4n) is 2.58. The normalized spacial score (nSPS) is 10.7. The number of carbonyl (C=O) groups excluding carboxylic acids is 1. The molecule has 0 saturated heterocycles. The quantitative estimate of drug-likeness (QED) is 0.703. The predicted molar refractivity (Wildman–Crippen MR) is 97.5 cm³/mol. The number of phenols is 1. The molecule has 0 aliphatic heterocycles. The fraction of sp³-hybridized carbons (Fsp3) is 0.158. The van der Waals surface area contributed by atoms with Crippen LogP contribution in [0.25, 0.3) is 11.3 Å². The van der Waals surface area contributed by atoms with Crippen molar-refractivity contribution in [3.63, 3.8) is 0 Å². The first-order chi connectivity index (χ1) is 12.5. The molecule has 1 aromatic heterocycles. The summed E-state index contributed by atoms with van der Waals surface area (Å²) in [5, 5.41) is 16.5. The molecule has 3 aromatic rings. The first-order valence-corrected chi connectivity index (χ1v) is 8.44. The van der Waals surface area contributed by atoms with Gasteiger partial charge in [0.2, 0.25) is 0 Å². The molecule has 0 aliphatic carbocycles. The molecule has 0 fully saturated rings. The minimum atomic E-state index is -0.446. The number of amides is 1. The lowest BCUT2D eigenvalue weighted by molar-refractivity contribution is 0.0745.